The van der Waals surface area contributed by atoms with Crippen LogP contribution in [0.4, 0.5) is 5.69 Å². The van der Waals surface area contributed by atoms with Crippen molar-refractivity contribution >= 4 is 17.5 Å². The number of benzene rings is 1. The Hall–Kier alpha value is -1.84. The molecule has 0 saturated heterocycles. The van der Waals surface area contributed by atoms with Gasteiger partial charge in [0.2, 0.25) is 0 Å². The number of carbonyl (C=O) groups is 2. The molecular formula is C17H24N2O2. The topological polar surface area (TPSA) is 49.4 Å². The van der Waals surface area contributed by atoms with Crippen LogP contribution >= 0.6 is 0 Å². The van der Waals surface area contributed by atoms with Crippen molar-refractivity contribution < 1.29 is 9.59 Å². The van der Waals surface area contributed by atoms with E-state index in [0.29, 0.717) is 11.1 Å². The number of nitrogens with zero attached hydrogens (tertiary/aromatic N) is 1. The van der Waals surface area contributed by atoms with E-state index in [9.17, 15) is 9.59 Å². The fourth-order valence-electron chi connectivity index (χ4n) is 2.61. The van der Waals surface area contributed by atoms with Crippen molar-refractivity contribution in [2.24, 2.45) is 0 Å². The first kappa shape index (κ1) is 15.5. The monoisotopic (exact) mass is 288 g/mol. The molecule has 114 valence electrons. The highest BCUT2D eigenvalue weighted by molar-refractivity contribution is 6.21. The van der Waals surface area contributed by atoms with E-state index < -0.39 is 0 Å². The molecular weight excluding hydrogens is 264 g/mol. The molecule has 21 heavy (non-hydrogen) atoms. The van der Waals surface area contributed by atoms with Crippen molar-refractivity contribution in [1.29, 1.82) is 0 Å². The van der Waals surface area contributed by atoms with Gasteiger partial charge in [0, 0.05) is 19.3 Å². The maximum atomic E-state index is 11.9. The minimum Gasteiger partial charge on any atom is -0.385 e. The molecule has 2 rings (SSSR count). The fourth-order valence-corrected chi connectivity index (χ4v) is 2.61. The van der Waals surface area contributed by atoms with Gasteiger partial charge in [-0.25, -0.2) is 0 Å². The minimum atomic E-state index is -0.211. The highest BCUT2D eigenvalue weighted by Gasteiger charge is 2.32. The van der Waals surface area contributed by atoms with Crippen LogP contribution in [0.1, 0.15) is 66.2 Å². The Bertz CT molecular complexity index is 526. The number of carbonyl (C=O) groups excluding carboxylic acids is 2. The van der Waals surface area contributed by atoms with Gasteiger partial charge in [-0.15, -0.1) is 0 Å². The van der Waals surface area contributed by atoms with Crippen LogP contribution in [0, 0.1) is 0 Å². The number of hydrogen-bond donors (Lipinski definition) is 1. The average molecular weight is 288 g/mol. The van der Waals surface area contributed by atoms with Crippen LogP contribution in [0.25, 0.3) is 0 Å². The van der Waals surface area contributed by atoms with Crippen LogP contribution in [-0.4, -0.2) is 30.3 Å². The lowest BCUT2D eigenvalue weighted by molar-refractivity contribution is 0.0693. The number of amides is 2. The van der Waals surface area contributed by atoms with Gasteiger partial charge in [0.25, 0.3) is 11.8 Å². The Labute approximate surface area is 126 Å². The number of rotatable bonds is 8. The van der Waals surface area contributed by atoms with E-state index >= 15 is 0 Å². The Morgan fingerprint density at radius 3 is 2.38 bits per heavy atom. The van der Waals surface area contributed by atoms with E-state index in [1.54, 1.807) is 12.1 Å². The van der Waals surface area contributed by atoms with Crippen molar-refractivity contribution in [3.63, 3.8) is 0 Å². The number of nitrogens with one attached hydrogen (secondary N) is 1. The lowest BCUT2D eigenvalue weighted by Crippen LogP contribution is -2.24. The highest BCUT2D eigenvalue weighted by atomic mass is 16.2. The molecule has 1 N–H and O–H groups in total. The van der Waals surface area contributed by atoms with Gasteiger partial charge in [-0.2, -0.15) is 0 Å². The third-order valence-corrected chi connectivity index (χ3v) is 3.95. The van der Waals surface area contributed by atoms with Crippen molar-refractivity contribution in [2.45, 2.75) is 45.4 Å². The molecule has 0 fully saturated rings. The number of imide groups is 1. The molecule has 4 heteroatoms. The van der Waals surface area contributed by atoms with Gasteiger partial charge in [0.15, 0.2) is 0 Å². The molecule has 2 amide bonds. The summed E-state index contributed by atoms with van der Waals surface area (Å²) in [5.41, 5.74) is 1.93. The third kappa shape index (κ3) is 3.63. The molecule has 4 nitrogen and oxygen atoms in total. The summed E-state index contributed by atoms with van der Waals surface area (Å²) in [7, 11) is 1.52. The summed E-state index contributed by atoms with van der Waals surface area (Å²) in [5, 5.41) is 3.33. The zero-order chi connectivity index (χ0) is 15.2. The second-order valence-electron chi connectivity index (χ2n) is 5.62. The van der Waals surface area contributed by atoms with Crippen LogP contribution in [0.2, 0.25) is 0 Å². The summed E-state index contributed by atoms with van der Waals surface area (Å²) in [6.07, 6.45) is 7.57. The normalized spacial score (nSPS) is 13.7. The van der Waals surface area contributed by atoms with Crippen molar-refractivity contribution in [3.05, 3.63) is 29.3 Å². The summed E-state index contributed by atoms with van der Waals surface area (Å²) < 4.78 is 0. The number of fused-ring (bicyclic) bond motifs is 1. The summed E-state index contributed by atoms with van der Waals surface area (Å²) in [4.78, 5) is 24.9. The van der Waals surface area contributed by atoms with Gasteiger partial charge in [0.05, 0.1) is 11.1 Å². The second kappa shape index (κ2) is 7.25. The molecule has 0 aliphatic carbocycles. The molecule has 0 saturated carbocycles. The zero-order valence-electron chi connectivity index (χ0n) is 12.9. The maximum absolute atomic E-state index is 11.9. The van der Waals surface area contributed by atoms with Crippen molar-refractivity contribution in [2.75, 3.05) is 18.9 Å². The summed E-state index contributed by atoms with van der Waals surface area (Å²) >= 11 is 0. The Morgan fingerprint density at radius 2 is 1.62 bits per heavy atom. The van der Waals surface area contributed by atoms with Gasteiger partial charge in [-0.3, -0.25) is 14.5 Å². The molecule has 1 aromatic carbocycles. The standard InChI is InChI=1S/C17H24N2O2/c1-3-4-5-6-7-8-11-18-13-9-10-14-15(12-13)17(21)19(2)16(14)20/h9-10,12,18H,3-8,11H2,1-2H3. The summed E-state index contributed by atoms with van der Waals surface area (Å²) in [6, 6.07) is 5.40. The predicted molar refractivity (Wildman–Crippen MR) is 84.7 cm³/mol. The predicted octanol–water partition coefficient (Wildman–Crippen LogP) is 3.68. The van der Waals surface area contributed by atoms with E-state index in [1.165, 1.54) is 44.1 Å². The van der Waals surface area contributed by atoms with Gasteiger partial charge in [-0.1, -0.05) is 39.0 Å². The van der Waals surface area contributed by atoms with Gasteiger partial charge >= 0.3 is 0 Å². The highest BCUT2D eigenvalue weighted by Crippen LogP contribution is 2.24. The maximum Gasteiger partial charge on any atom is 0.261 e. The Morgan fingerprint density at radius 1 is 0.952 bits per heavy atom. The summed E-state index contributed by atoms with van der Waals surface area (Å²) in [5.74, 6) is -0.421. The first-order chi connectivity index (χ1) is 10.1. The first-order valence-corrected chi connectivity index (χ1v) is 7.85. The molecule has 1 heterocycles. The molecule has 0 atom stereocenters. The largest absolute Gasteiger partial charge is 0.385 e. The summed E-state index contributed by atoms with van der Waals surface area (Å²) in [6.45, 7) is 3.13. The van der Waals surface area contributed by atoms with Crippen LogP contribution in [0.5, 0.6) is 0 Å². The quantitative estimate of drug-likeness (QED) is 0.586. The molecule has 1 aliphatic heterocycles. The molecule has 0 spiro atoms. The molecule has 0 radical (unpaired) electrons. The minimum absolute atomic E-state index is 0.210. The molecule has 0 bridgehead atoms. The van der Waals surface area contributed by atoms with Gasteiger partial charge in [0.1, 0.15) is 0 Å². The van der Waals surface area contributed by atoms with Crippen LogP contribution in [-0.2, 0) is 0 Å². The van der Waals surface area contributed by atoms with Gasteiger partial charge in [-0.05, 0) is 24.6 Å². The first-order valence-electron chi connectivity index (χ1n) is 7.85. The van der Waals surface area contributed by atoms with Crippen LogP contribution < -0.4 is 5.32 Å². The molecule has 0 unspecified atom stereocenters. The smallest absolute Gasteiger partial charge is 0.261 e. The molecule has 1 aliphatic rings. The lowest BCUT2D eigenvalue weighted by Gasteiger charge is -2.07. The van der Waals surface area contributed by atoms with Crippen LogP contribution in [0.3, 0.4) is 0 Å². The molecule has 0 aromatic heterocycles. The van der Waals surface area contributed by atoms with E-state index in [4.69, 9.17) is 0 Å². The average Bonchev–Trinajstić information content (AvgIpc) is 2.71. The fraction of sp³-hybridized carbons (Fsp3) is 0.529. The Balaban J connectivity index is 1.81. The van der Waals surface area contributed by atoms with Crippen LogP contribution in [0.15, 0.2) is 18.2 Å². The Kier molecular flexibility index (Phi) is 5.37. The number of anilines is 1. The number of unbranched alkanes of at least 4 members (excludes halogenated alkanes) is 5. The van der Waals surface area contributed by atoms with E-state index in [2.05, 4.69) is 12.2 Å². The zero-order valence-corrected chi connectivity index (χ0v) is 12.9. The third-order valence-electron chi connectivity index (χ3n) is 3.95. The van der Waals surface area contributed by atoms with Crippen molar-refractivity contribution in [3.8, 4) is 0 Å². The second-order valence-corrected chi connectivity index (χ2v) is 5.62. The SMILES string of the molecule is CCCCCCCCNc1ccc2c(c1)C(=O)N(C)C2=O. The van der Waals surface area contributed by atoms with Crippen molar-refractivity contribution in [1.82, 2.24) is 4.90 Å². The molecule has 1 aromatic rings. The van der Waals surface area contributed by atoms with E-state index in [-0.39, 0.29) is 11.8 Å². The number of hydrogen-bond acceptors (Lipinski definition) is 3. The lowest BCUT2D eigenvalue weighted by atomic mass is 10.1. The van der Waals surface area contributed by atoms with E-state index in [1.807, 2.05) is 6.07 Å². The van der Waals surface area contributed by atoms with E-state index in [0.717, 1.165) is 18.7 Å². The van der Waals surface area contributed by atoms with Gasteiger partial charge < -0.3 is 5.32 Å².